The minimum absolute atomic E-state index is 0.183. The fraction of sp³-hybridized carbons (Fsp3) is 0.105. The van der Waals surface area contributed by atoms with E-state index in [0.29, 0.717) is 5.56 Å². The van der Waals surface area contributed by atoms with Crippen molar-refractivity contribution in [3.63, 3.8) is 0 Å². The number of nitrogens with zero attached hydrogens (tertiary/aromatic N) is 3. The number of benzene rings is 1. The van der Waals surface area contributed by atoms with Crippen molar-refractivity contribution in [1.29, 1.82) is 0 Å². The van der Waals surface area contributed by atoms with Crippen molar-refractivity contribution in [2.75, 3.05) is 5.32 Å². The number of aryl methyl sites for hydroxylation is 1. The highest BCUT2D eigenvalue weighted by Gasteiger charge is 2.11. The molecule has 1 aromatic carbocycles. The van der Waals surface area contributed by atoms with Gasteiger partial charge in [0.1, 0.15) is 11.6 Å². The van der Waals surface area contributed by atoms with Crippen molar-refractivity contribution in [2.45, 2.75) is 6.61 Å². The van der Waals surface area contributed by atoms with E-state index in [1.165, 1.54) is 12.2 Å². The van der Waals surface area contributed by atoms with Crippen molar-refractivity contribution >= 4 is 17.7 Å². The van der Waals surface area contributed by atoms with E-state index >= 15 is 0 Å². The first kappa shape index (κ1) is 18.4. The lowest BCUT2D eigenvalue weighted by Crippen LogP contribution is -2.10. The fourth-order valence-electron chi connectivity index (χ4n) is 2.51. The van der Waals surface area contributed by atoms with Crippen LogP contribution in [0.15, 0.2) is 49.1 Å². The molecule has 0 aliphatic heterocycles. The number of amides is 1. The van der Waals surface area contributed by atoms with Crippen LogP contribution in [0.5, 0.6) is 0 Å². The number of rotatable bonds is 5. The summed E-state index contributed by atoms with van der Waals surface area (Å²) in [5, 5.41) is 15.3. The van der Waals surface area contributed by atoms with Crippen LogP contribution in [0, 0.1) is 11.6 Å². The van der Waals surface area contributed by atoms with E-state index in [-0.39, 0.29) is 11.3 Å². The molecule has 2 aromatic heterocycles. The molecule has 0 atom stereocenters. The zero-order chi connectivity index (χ0) is 19.4. The summed E-state index contributed by atoms with van der Waals surface area (Å²) in [4.78, 5) is 16.1. The standard InChI is InChI=1S/C19H16F2N4O2/c1-25-10-14(9-23-25)15-4-5-22-8-12(15)2-3-19(27)24-18-7-16(20)13(11-26)6-17(18)21/h2-10,26H,11H2,1H3,(H,24,27)/b3-2+. The highest BCUT2D eigenvalue weighted by molar-refractivity contribution is 6.02. The van der Waals surface area contributed by atoms with Gasteiger partial charge < -0.3 is 10.4 Å². The van der Waals surface area contributed by atoms with Gasteiger partial charge in [-0.05, 0) is 23.8 Å². The SMILES string of the molecule is Cn1cc(-c2ccncc2/C=C/C(=O)Nc2cc(F)c(CO)cc2F)cn1. The van der Waals surface area contributed by atoms with Gasteiger partial charge in [0.05, 0.1) is 18.5 Å². The molecule has 0 aliphatic carbocycles. The molecule has 3 rings (SSSR count). The lowest BCUT2D eigenvalue weighted by atomic mass is 10.0. The molecule has 6 nitrogen and oxygen atoms in total. The maximum Gasteiger partial charge on any atom is 0.248 e. The van der Waals surface area contributed by atoms with Crippen molar-refractivity contribution in [3.8, 4) is 11.1 Å². The Morgan fingerprint density at radius 2 is 2.11 bits per heavy atom. The molecule has 2 heterocycles. The van der Waals surface area contributed by atoms with Gasteiger partial charge >= 0.3 is 0 Å². The van der Waals surface area contributed by atoms with Gasteiger partial charge in [-0.1, -0.05) is 0 Å². The number of nitrogens with one attached hydrogen (secondary N) is 1. The topological polar surface area (TPSA) is 80.0 Å². The average molecular weight is 370 g/mol. The first-order chi connectivity index (χ1) is 13.0. The molecular formula is C19H16F2N4O2. The quantitative estimate of drug-likeness (QED) is 0.677. The Labute approximate surface area is 153 Å². The number of carbonyl (C=O) groups is 1. The molecule has 1 amide bonds. The third-order valence-electron chi connectivity index (χ3n) is 3.85. The van der Waals surface area contributed by atoms with Crippen LogP contribution >= 0.6 is 0 Å². The van der Waals surface area contributed by atoms with E-state index in [1.807, 2.05) is 6.20 Å². The Morgan fingerprint density at radius 3 is 2.81 bits per heavy atom. The van der Waals surface area contributed by atoms with Crippen molar-refractivity contribution in [2.24, 2.45) is 7.05 Å². The molecule has 138 valence electrons. The summed E-state index contributed by atoms with van der Waals surface area (Å²) in [6, 6.07) is 3.46. The van der Waals surface area contributed by atoms with Gasteiger partial charge in [0.15, 0.2) is 0 Å². The smallest absolute Gasteiger partial charge is 0.248 e. The molecule has 3 aromatic rings. The monoisotopic (exact) mass is 370 g/mol. The summed E-state index contributed by atoms with van der Waals surface area (Å²) in [6.45, 7) is -0.630. The van der Waals surface area contributed by atoms with Gasteiger partial charge in [0, 0.05) is 54.5 Å². The third-order valence-corrected chi connectivity index (χ3v) is 3.85. The van der Waals surface area contributed by atoms with Gasteiger partial charge in [-0.3, -0.25) is 14.5 Å². The number of pyridine rings is 1. The molecule has 0 spiro atoms. The van der Waals surface area contributed by atoms with E-state index in [9.17, 15) is 13.6 Å². The van der Waals surface area contributed by atoms with Gasteiger partial charge in [0.25, 0.3) is 0 Å². The van der Waals surface area contributed by atoms with Crippen LogP contribution in [0.25, 0.3) is 17.2 Å². The predicted molar refractivity (Wildman–Crippen MR) is 96.4 cm³/mol. The second kappa shape index (κ2) is 7.88. The Hall–Kier alpha value is -3.39. The number of hydrogen-bond acceptors (Lipinski definition) is 4. The first-order valence-electron chi connectivity index (χ1n) is 7.99. The van der Waals surface area contributed by atoms with Crippen molar-refractivity contribution in [3.05, 3.63) is 71.8 Å². The van der Waals surface area contributed by atoms with Crippen LogP contribution in [0.4, 0.5) is 14.5 Å². The molecule has 2 N–H and O–H groups in total. The number of aliphatic hydroxyl groups is 1. The highest BCUT2D eigenvalue weighted by atomic mass is 19.1. The van der Waals surface area contributed by atoms with Crippen LogP contribution in [0.1, 0.15) is 11.1 Å². The maximum atomic E-state index is 13.9. The fourth-order valence-corrected chi connectivity index (χ4v) is 2.51. The van der Waals surface area contributed by atoms with Crippen LogP contribution < -0.4 is 5.32 Å². The number of anilines is 1. The largest absolute Gasteiger partial charge is 0.392 e. The number of halogens is 2. The first-order valence-corrected chi connectivity index (χ1v) is 7.99. The summed E-state index contributed by atoms with van der Waals surface area (Å²) in [6.07, 6.45) is 9.46. The average Bonchev–Trinajstić information content (AvgIpc) is 3.09. The predicted octanol–water partition coefficient (Wildman–Crippen LogP) is 2.90. The van der Waals surface area contributed by atoms with Crippen molar-refractivity contribution < 1.29 is 18.7 Å². The van der Waals surface area contributed by atoms with E-state index < -0.39 is 24.1 Å². The maximum absolute atomic E-state index is 13.9. The number of aliphatic hydroxyl groups excluding tert-OH is 1. The summed E-state index contributed by atoms with van der Waals surface area (Å²) >= 11 is 0. The minimum atomic E-state index is -0.834. The molecule has 0 aliphatic rings. The Balaban J connectivity index is 1.79. The Morgan fingerprint density at radius 1 is 1.30 bits per heavy atom. The second-order valence-corrected chi connectivity index (χ2v) is 5.77. The second-order valence-electron chi connectivity index (χ2n) is 5.77. The molecule has 0 radical (unpaired) electrons. The molecule has 27 heavy (non-hydrogen) atoms. The zero-order valence-electron chi connectivity index (χ0n) is 14.4. The third kappa shape index (κ3) is 4.24. The lowest BCUT2D eigenvalue weighted by Gasteiger charge is -2.07. The molecule has 0 bridgehead atoms. The molecule has 0 fully saturated rings. The van der Waals surface area contributed by atoms with E-state index in [1.54, 1.807) is 36.4 Å². The lowest BCUT2D eigenvalue weighted by molar-refractivity contribution is -0.111. The highest BCUT2D eigenvalue weighted by Crippen LogP contribution is 2.23. The molecule has 0 unspecified atom stereocenters. The van der Waals surface area contributed by atoms with Crippen molar-refractivity contribution in [1.82, 2.24) is 14.8 Å². The van der Waals surface area contributed by atoms with Gasteiger partial charge in [-0.25, -0.2) is 8.78 Å². The molecule has 8 heteroatoms. The minimum Gasteiger partial charge on any atom is -0.392 e. The molecule has 0 saturated carbocycles. The summed E-state index contributed by atoms with van der Waals surface area (Å²) in [5.41, 5.74) is 1.86. The molecular weight excluding hydrogens is 354 g/mol. The van der Waals surface area contributed by atoms with Crippen LogP contribution in [0.2, 0.25) is 0 Å². The van der Waals surface area contributed by atoms with E-state index in [2.05, 4.69) is 15.4 Å². The number of hydrogen-bond donors (Lipinski definition) is 2. The van der Waals surface area contributed by atoms with Crippen LogP contribution in [-0.2, 0) is 18.4 Å². The summed E-state index contributed by atoms with van der Waals surface area (Å²) in [5.74, 6) is -2.27. The zero-order valence-corrected chi connectivity index (χ0v) is 14.4. The van der Waals surface area contributed by atoms with E-state index in [4.69, 9.17) is 5.11 Å². The number of aromatic nitrogens is 3. The van der Waals surface area contributed by atoms with Gasteiger partial charge in [-0.2, -0.15) is 5.10 Å². The summed E-state index contributed by atoms with van der Waals surface area (Å²) in [7, 11) is 1.80. The molecule has 0 saturated heterocycles. The normalized spacial score (nSPS) is 11.1. The number of carbonyl (C=O) groups excluding carboxylic acids is 1. The van der Waals surface area contributed by atoms with Gasteiger partial charge in [0.2, 0.25) is 5.91 Å². The Kier molecular flexibility index (Phi) is 5.37. The van der Waals surface area contributed by atoms with Crippen LogP contribution in [0.3, 0.4) is 0 Å². The van der Waals surface area contributed by atoms with E-state index in [0.717, 1.165) is 23.3 Å². The summed E-state index contributed by atoms with van der Waals surface area (Å²) < 4.78 is 29.2. The van der Waals surface area contributed by atoms with Gasteiger partial charge in [-0.15, -0.1) is 0 Å². The Bertz CT molecular complexity index is 1010. The van der Waals surface area contributed by atoms with Crippen LogP contribution in [-0.4, -0.2) is 25.8 Å².